The van der Waals surface area contributed by atoms with Gasteiger partial charge in [0.15, 0.2) is 0 Å². The van der Waals surface area contributed by atoms with Gasteiger partial charge in [0.2, 0.25) is 5.88 Å². The van der Waals surface area contributed by atoms with Gasteiger partial charge in [0.1, 0.15) is 23.6 Å². The van der Waals surface area contributed by atoms with E-state index in [0.717, 1.165) is 43.2 Å². The van der Waals surface area contributed by atoms with Crippen LogP contribution in [0.2, 0.25) is 0 Å². The topological polar surface area (TPSA) is 47.5 Å². The maximum Gasteiger partial charge on any atom is 0.224 e. The number of ether oxygens (including phenoxy) is 2. The molecule has 0 aliphatic heterocycles. The molecule has 0 spiro atoms. The molecule has 5 heteroatoms. The summed E-state index contributed by atoms with van der Waals surface area (Å²) in [6.45, 7) is 6.22. The van der Waals surface area contributed by atoms with Crippen molar-refractivity contribution in [3.63, 3.8) is 0 Å². The summed E-state index contributed by atoms with van der Waals surface area (Å²) in [5.74, 6) is 2.97. The number of unbranched alkanes of at least 4 members (excludes halogenated alkanes) is 1. The second-order valence-corrected chi connectivity index (χ2v) is 4.93. The molecule has 0 atom stereocenters. The molecular formula is C17H23N3O2. The molecule has 5 nitrogen and oxygen atoms in total. The first-order valence-corrected chi connectivity index (χ1v) is 7.65. The molecule has 0 aliphatic carbocycles. The summed E-state index contributed by atoms with van der Waals surface area (Å²) in [5, 5.41) is 0. The van der Waals surface area contributed by atoms with Crippen LogP contribution in [-0.4, -0.2) is 30.2 Å². The van der Waals surface area contributed by atoms with Crippen molar-refractivity contribution in [2.45, 2.75) is 26.7 Å². The highest BCUT2D eigenvalue weighted by Crippen LogP contribution is 2.24. The van der Waals surface area contributed by atoms with E-state index in [1.54, 1.807) is 13.4 Å². The molecule has 0 N–H and O–H groups in total. The van der Waals surface area contributed by atoms with Gasteiger partial charge in [0.05, 0.1) is 7.11 Å². The Morgan fingerprint density at radius 3 is 2.41 bits per heavy atom. The normalized spacial score (nSPS) is 10.3. The van der Waals surface area contributed by atoms with Crippen LogP contribution in [0.5, 0.6) is 17.4 Å². The van der Waals surface area contributed by atoms with E-state index in [1.165, 1.54) is 0 Å². The second-order valence-electron chi connectivity index (χ2n) is 4.93. The van der Waals surface area contributed by atoms with Gasteiger partial charge in [0, 0.05) is 19.2 Å². The van der Waals surface area contributed by atoms with Gasteiger partial charge in [-0.05, 0) is 37.6 Å². The minimum atomic E-state index is 0.546. The number of methoxy groups -OCH3 is 1. The van der Waals surface area contributed by atoms with Crippen molar-refractivity contribution in [1.29, 1.82) is 0 Å². The monoisotopic (exact) mass is 301 g/mol. The van der Waals surface area contributed by atoms with E-state index in [-0.39, 0.29) is 0 Å². The molecule has 0 aliphatic rings. The van der Waals surface area contributed by atoms with Crippen LogP contribution in [-0.2, 0) is 0 Å². The highest BCUT2D eigenvalue weighted by atomic mass is 16.5. The number of hydrogen-bond donors (Lipinski definition) is 0. The molecule has 0 saturated heterocycles. The van der Waals surface area contributed by atoms with Crippen molar-refractivity contribution in [3.8, 4) is 17.4 Å². The summed E-state index contributed by atoms with van der Waals surface area (Å²) < 4.78 is 10.9. The number of rotatable bonds is 8. The van der Waals surface area contributed by atoms with Gasteiger partial charge in [-0.1, -0.05) is 13.3 Å². The van der Waals surface area contributed by atoms with Gasteiger partial charge in [-0.25, -0.2) is 9.97 Å². The Bertz CT molecular complexity index is 572. The molecule has 2 rings (SSSR count). The summed E-state index contributed by atoms with van der Waals surface area (Å²) in [7, 11) is 1.64. The first kappa shape index (κ1) is 16.1. The van der Waals surface area contributed by atoms with Gasteiger partial charge in [-0.2, -0.15) is 0 Å². The molecule has 0 bridgehead atoms. The van der Waals surface area contributed by atoms with Gasteiger partial charge < -0.3 is 14.4 Å². The summed E-state index contributed by atoms with van der Waals surface area (Å²) >= 11 is 0. The van der Waals surface area contributed by atoms with Crippen LogP contribution in [0.25, 0.3) is 0 Å². The fourth-order valence-electron chi connectivity index (χ4n) is 2.11. The maximum absolute atomic E-state index is 5.78. The average Bonchev–Trinajstić information content (AvgIpc) is 2.57. The zero-order chi connectivity index (χ0) is 15.8. The molecule has 2 aromatic rings. The van der Waals surface area contributed by atoms with Crippen molar-refractivity contribution in [2.75, 3.05) is 25.1 Å². The molecule has 1 heterocycles. The average molecular weight is 301 g/mol. The first-order chi connectivity index (χ1) is 10.8. The Labute approximate surface area is 131 Å². The smallest absolute Gasteiger partial charge is 0.224 e. The van der Waals surface area contributed by atoms with E-state index >= 15 is 0 Å². The highest BCUT2D eigenvalue weighted by Gasteiger charge is 2.08. The van der Waals surface area contributed by atoms with Crippen molar-refractivity contribution >= 4 is 5.82 Å². The molecular weight excluding hydrogens is 278 g/mol. The Balaban J connectivity index is 2.09. The second kappa shape index (κ2) is 8.22. The number of hydrogen-bond acceptors (Lipinski definition) is 5. The lowest BCUT2D eigenvalue weighted by Crippen LogP contribution is -2.24. The predicted molar refractivity (Wildman–Crippen MR) is 87.9 cm³/mol. The fraction of sp³-hybridized carbons (Fsp3) is 0.412. The molecule has 0 saturated carbocycles. The molecule has 1 aromatic heterocycles. The standard InChI is InChI=1S/C17H23N3O2/c1-4-6-11-20(5-2)16-12-17(19-13-18-16)22-15-9-7-14(21-3)8-10-15/h7-10,12-13H,4-6,11H2,1-3H3. The van der Waals surface area contributed by atoms with Gasteiger partial charge >= 0.3 is 0 Å². The van der Waals surface area contributed by atoms with Gasteiger partial charge in [-0.15, -0.1) is 0 Å². The Morgan fingerprint density at radius 1 is 1.05 bits per heavy atom. The zero-order valence-corrected chi connectivity index (χ0v) is 13.5. The minimum Gasteiger partial charge on any atom is -0.497 e. The fourth-order valence-corrected chi connectivity index (χ4v) is 2.11. The highest BCUT2D eigenvalue weighted by molar-refractivity contribution is 5.42. The van der Waals surface area contributed by atoms with Crippen LogP contribution in [0.15, 0.2) is 36.7 Å². The van der Waals surface area contributed by atoms with Gasteiger partial charge in [-0.3, -0.25) is 0 Å². The van der Waals surface area contributed by atoms with Crippen molar-refractivity contribution < 1.29 is 9.47 Å². The van der Waals surface area contributed by atoms with E-state index in [2.05, 4.69) is 28.7 Å². The van der Waals surface area contributed by atoms with E-state index in [1.807, 2.05) is 30.3 Å². The molecule has 0 unspecified atom stereocenters. The minimum absolute atomic E-state index is 0.546. The van der Waals surface area contributed by atoms with E-state index in [4.69, 9.17) is 9.47 Å². The SMILES string of the molecule is CCCCN(CC)c1cc(Oc2ccc(OC)cc2)ncn1. The molecule has 0 amide bonds. The summed E-state index contributed by atoms with van der Waals surface area (Å²) in [6.07, 6.45) is 3.85. The largest absolute Gasteiger partial charge is 0.497 e. The van der Waals surface area contributed by atoms with Crippen molar-refractivity contribution in [2.24, 2.45) is 0 Å². The maximum atomic E-state index is 5.78. The first-order valence-electron chi connectivity index (χ1n) is 7.65. The van der Waals surface area contributed by atoms with Crippen LogP contribution in [0.3, 0.4) is 0 Å². The van der Waals surface area contributed by atoms with E-state index < -0.39 is 0 Å². The number of benzene rings is 1. The molecule has 0 radical (unpaired) electrons. The third-order valence-electron chi connectivity index (χ3n) is 3.40. The van der Waals surface area contributed by atoms with E-state index in [0.29, 0.717) is 5.88 Å². The number of aromatic nitrogens is 2. The van der Waals surface area contributed by atoms with Crippen molar-refractivity contribution in [3.05, 3.63) is 36.7 Å². The summed E-state index contributed by atoms with van der Waals surface area (Å²) in [6, 6.07) is 9.31. The predicted octanol–water partition coefficient (Wildman–Crippen LogP) is 3.90. The number of anilines is 1. The number of nitrogens with zero attached hydrogens (tertiary/aromatic N) is 3. The summed E-state index contributed by atoms with van der Waals surface area (Å²) in [4.78, 5) is 10.8. The lowest BCUT2D eigenvalue weighted by Gasteiger charge is -2.21. The van der Waals surface area contributed by atoms with Crippen LogP contribution in [0.4, 0.5) is 5.82 Å². The van der Waals surface area contributed by atoms with Crippen LogP contribution in [0, 0.1) is 0 Å². The Hall–Kier alpha value is -2.30. The van der Waals surface area contributed by atoms with Gasteiger partial charge in [0.25, 0.3) is 0 Å². The van der Waals surface area contributed by atoms with Crippen molar-refractivity contribution in [1.82, 2.24) is 9.97 Å². The third kappa shape index (κ3) is 4.35. The van der Waals surface area contributed by atoms with Crippen LogP contribution >= 0.6 is 0 Å². The molecule has 22 heavy (non-hydrogen) atoms. The Kier molecular flexibility index (Phi) is 6.01. The third-order valence-corrected chi connectivity index (χ3v) is 3.40. The molecule has 0 fully saturated rings. The van der Waals surface area contributed by atoms with Crippen LogP contribution < -0.4 is 14.4 Å². The molecule has 118 valence electrons. The lowest BCUT2D eigenvalue weighted by molar-refractivity contribution is 0.412. The quantitative estimate of drug-likeness (QED) is 0.740. The lowest BCUT2D eigenvalue weighted by atomic mass is 10.3. The molecule has 1 aromatic carbocycles. The zero-order valence-electron chi connectivity index (χ0n) is 13.5. The Morgan fingerprint density at radius 2 is 1.77 bits per heavy atom. The van der Waals surface area contributed by atoms with Crippen LogP contribution in [0.1, 0.15) is 26.7 Å². The summed E-state index contributed by atoms with van der Waals surface area (Å²) in [5.41, 5.74) is 0. The van der Waals surface area contributed by atoms with E-state index in [9.17, 15) is 0 Å².